The van der Waals surface area contributed by atoms with Gasteiger partial charge in [-0.25, -0.2) is 0 Å². The van der Waals surface area contributed by atoms with Crippen molar-refractivity contribution in [1.82, 2.24) is 24.9 Å². The van der Waals surface area contributed by atoms with Crippen LogP contribution in [0.2, 0.25) is 5.02 Å². The number of nitrogens with zero attached hydrogens (tertiary/aromatic N) is 4. The molecular formula is C23H32ClN5O. The van der Waals surface area contributed by atoms with Crippen molar-refractivity contribution in [1.29, 1.82) is 0 Å². The van der Waals surface area contributed by atoms with Crippen LogP contribution in [0.5, 0.6) is 0 Å². The lowest BCUT2D eigenvalue weighted by Crippen LogP contribution is -2.47. The minimum Gasteiger partial charge on any atom is -0.335 e. The number of carbonyl (C=O) groups is 1. The van der Waals surface area contributed by atoms with E-state index in [2.05, 4.69) is 34.9 Å². The molecule has 6 nitrogen and oxygen atoms in total. The summed E-state index contributed by atoms with van der Waals surface area (Å²) in [6.45, 7) is 7.17. The number of hydrogen-bond acceptors (Lipinski definition) is 4. The number of carbonyl (C=O) groups excluding carboxylic acids is 1. The van der Waals surface area contributed by atoms with Gasteiger partial charge in [-0.3, -0.25) is 9.48 Å². The van der Waals surface area contributed by atoms with Gasteiger partial charge in [0, 0.05) is 61.6 Å². The summed E-state index contributed by atoms with van der Waals surface area (Å²) in [6, 6.07) is 8.29. The Morgan fingerprint density at radius 1 is 1.23 bits per heavy atom. The van der Waals surface area contributed by atoms with E-state index in [1.54, 1.807) is 0 Å². The molecule has 0 bridgehead atoms. The van der Waals surface area contributed by atoms with Crippen LogP contribution in [0.25, 0.3) is 0 Å². The van der Waals surface area contributed by atoms with Crippen LogP contribution < -0.4 is 5.32 Å². The van der Waals surface area contributed by atoms with E-state index in [1.807, 2.05) is 23.1 Å². The number of piperazine rings is 1. The molecule has 4 rings (SSSR count). The van der Waals surface area contributed by atoms with E-state index in [1.165, 1.54) is 5.69 Å². The summed E-state index contributed by atoms with van der Waals surface area (Å²) >= 11 is 6.32. The molecule has 1 aromatic carbocycles. The highest BCUT2D eigenvalue weighted by atomic mass is 35.5. The third-order valence-corrected chi connectivity index (χ3v) is 6.68. The van der Waals surface area contributed by atoms with E-state index in [0.29, 0.717) is 11.7 Å². The van der Waals surface area contributed by atoms with E-state index < -0.39 is 0 Å². The van der Waals surface area contributed by atoms with Gasteiger partial charge in [-0.05, 0) is 44.4 Å². The first-order valence-corrected chi connectivity index (χ1v) is 11.5. The molecule has 2 heterocycles. The van der Waals surface area contributed by atoms with Crippen molar-refractivity contribution in [3.05, 3.63) is 51.8 Å². The third-order valence-electron chi connectivity index (χ3n) is 6.31. The fourth-order valence-corrected chi connectivity index (χ4v) is 4.69. The standard InChI is InChI=1S/C23H32ClN5O/c1-3-10-29-21-9-8-18(25-16-17-6-4-5-7-20(17)24)15-19(21)22(26-29)23(30)28-13-11-27(2)12-14-28/h4-7,18,25H,3,8-16H2,1-2H3. The Morgan fingerprint density at radius 3 is 2.73 bits per heavy atom. The molecule has 1 amide bonds. The molecule has 1 saturated heterocycles. The predicted molar refractivity (Wildman–Crippen MR) is 120 cm³/mol. The lowest BCUT2D eigenvalue weighted by Gasteiger charge is -2.32. The molecule has 2 aliphatic rings. The minimum absolute atomic E-state index is 0.0981. The van der Waals surface area contributed by atoms with Crippen LogP contribution in [0.15, 0.2) is 24.3 Å². The van der Waals surface area contributed by atoms with Crippen molar-refractivity contribution in [3.63, 3.8) is 0 Å². The van der Waals surface area contributed by atoms with Crippen molar-refractivity contribution >= 4 is 17.5 Å². The first-order valence-electron chi connectivity index (χ1n) is 11.1. The van der Waals surface area contributed by atoms with Gasteiger partial charge in [-0.2, -0.15) is 5.10 Å². The van der Waals surface area contributed by atoms with Crippen LogP contribution in [-0.2, 0) is 25.9 Å². The quantitative estimate of drug-likeness (QED) is 0.767. The SMILES string of the molecule is CCCn1nc(C(=O)N2CCN(C)CC2)c2c1CCC(NCc1ccccc1Cl)C2. The molecule has 30 heavy (non-hydrogen) atoms. The van der Waals surface area contributed by atoms with Crippen molar-refractivity contribution in [3.8, 4) is 0 Å². The van der Waals surface area contributed by atoms with Gasteiger partial charge in [-0.1, -0.05) is 36.7 Å². The second kappa shape index (κ2) is 9.50. The Bertz CT molecular complexity index is 888. The second-order valence-corrected chi connectivity index (χ2v) is 8.91. The molecule has 0 spiro atoms. The number of aromatic nitrogens is 2. The Labute approximate surface area is 184 Å². The molecule has 0 saturated carbocycles. The fraction of sp³-hybridized carbons (Fsp3) is 0.565. The number of rotatable bonds is 6. The van der Waals surface area contributed by atoms with Gasteiger partial charge in [0.05, 0.1) is 0 Å². The van der Waals surface area contributed by atoms with Crippen molar-refractivity contribution < 1.29 is 4.79 Å². The Hall–Kier alpha value is -1.89. The molecular weight excluding hydrogens is 398 g/mol. The van der Waals surface area contributed by atoms with Gasteiger partial charge in [-0.15, -0.1) is 0 Å². The van der Waals surface area contributed by atoms with Gasteiger partial charge in [0.25, 0.3) is 5.91 Å². The molecule has 2 aromatic rings. The zero-order chi connectivity index (χ0) is 21.1. The molecule has 162 valence electrons. The van der Waals surface area contributed by atoms with Crippen LogP contribution in [-0.4, -0.2) is 64.8 Å². The van der Waals surface area contributed by atoms with Crippen LogP contribution in [0.1, 0.15) is 47.1 Å². The van der Waals surface area contributed by atoms with Crippen molar-refractivity contribution in [2.45, 2.75) is 51.7 Å². The van der Waals surface area contributed by atoms with Crippen LogP contribution >= 0.6 is 11.6 Å². The summed E-state index contributed by atoms with van der Waals surface area (Å²) in [7, 11) is 2.11. The maximum atomic E-state index is 13.3. The van der Waals surface area contributed by atoms with E-state index >= 15 is 0 Å². The average molecular weight is 430 g/mol. The Morgan fingerprint density at radius 2 is 2.00 bits per heavy atom. The highest BCUT2D eigenvalue weighted by Gasteiger charge is 2.31. The minimum atomic E-state index is 0.0981. The van der Waals surface area contributed by atoms with Gasteiger partial charge in [0.1, 0.15) is 0 Å². The predicted octanol–water partition coefficient (Wildman–Crippen LogP) is 2.98. The fourth-order valence-electron chi connectivity index (χ4n) is 4.49. The Kier molecular flexibility index (Phi) is 6.76. The molecule has 1 aromatic heterocycles. The summed E-state index contributed by atoms with van der Waals surface area (Å²) in [4.78, 5) is 17.6. The molecule has 1 unspecified atom stereocenters. The highest BCUT2D eigenvalue weighted by Crippen LogP contribution is 2.27. The summed E-state index contributed by atoms with van der Waals surface area (Å²) < 4.78 is 2.09. The van der Waals surface area contributed by atoms with Crippen LogP contribution in [0.3, 0.4) is 0 Å². The topological polar surface area (TPSA) is 53.4 Å². The molecule has 7 heteroatoms. The van der Waals surface area contributed by atoms with Crippen LogP contribution in [0.4, 0.5) is 0 Å². The number of aryl methyl sites for hydroxylation is 1. The van der Waals surface area contributed by atoms with Gasteiger partial charge in [0.2, 0.25) is 0 Å². The summed E-state index contributed by atoms with van der Waals surface area (Å²) in [5.41, 5.74) is 4.19. The Balaban J connectivity index is 1.51. The number of fused-ring (bicyclic) bond motifs is 1. The number of benzene rings is 1. The number of hydrogen-bond donors (Lipinski definition) is 1. The van der Waals surface area contributed by atoms with Crippen molar-refractivity contribution in [2.75, 3.05) is 33.2 Å². The first-order chi connectivity index (χ1) is 14.6. The largest absolute Gasteiger partial charge is 0.335 e. The van der Waals surface area contributed by atoms with Crippen LogP contribution in [0, 0.1) is 0 Å². The highest BCUT2D eigenvalue weighted by molar-refractivity contribution is 6.31. The lowest BCUT2D eigenvalue weighted by atomic mass is 9.90. The molecule has 1 fully saturated rings. The first kappa shape index (κ1) is 21.3. The zero-order valence-electron chi connectivity index (χ0n) is 18.0. The van der Waals surface area contributed by atoms with E-state index in [0.717, 1.165) is 81.1 Å². The molecule has 0 radical (unpaired) electrons. The average Bonchev–Trinajstić information content (AvgIpc) is 3.11. The number of nitrogens with one attached hydrogen (secondary N) is 1. The van der Waals surface area contributed by atoms with E-state index in [4.69, 9.17) is 16.7 Å². The van der Waals surface area contributed by atoms with Crippen molar-refractivity contribution in [2.24, 2.45) is 0 Å². The molecule has 1 atom stereocenters. The third kappa shape index (κ3) is 4.56. The molecule has 1 N–H and O–H groups in total. The summed E-state index contributed by atoms with van der Waals surface area (Å²) in [5.74, 6) is 0.0981. The number of likely N-dealkylation sites (N-methyl/N-ethyl adjacent to an activating group) is 1. The summed E-state index contributed by atoms with van der Waals surface area (Å²) in [6.07, 6.45) is 3.87. The number of amides is 1. The number of halogens is 1. The maximum Gasteiger partial charge on any atom is 0.274 e. The van der Waals surface area contributed by atoms with Gasteiger partial charge < -0.3 is 15.1 Å². The zero-order valence-corrected chi connectivity index (χ0v) is 18.8. The van der Waals surface area contributed by atoms with Gasteiger partial charge in [0.15, 0.2) is 5.69 Å². The lowest BCUT2D eigenvalue weighted by molar-refractivity contribution is 0.0656. The normalized spacial score (nSPS) is 19.7. The van der Waals surface area contributed by atoms with E-state index in [-0.39, 0.29) is 5.91 Å². The van der Waals surface area contributed by atoms with Gasteiger partial charge >= 0.3 is 0 Å². The monoisotopic (exact) mass is 429 g/mol. The van der Waals surface area contributed by atoms with E-state index in [9.17, 15) is 4.79 Å². The molecule has 1 aliphatic carbocycles. The molecule has 1 aliphatic heterocycles. The smallest absolute Gasteiger partial charge is 0.274 e. The maximum absolute atomic E-state index is 13.3. The summed E-state index contributed by atoms with van der Waals surface area (Å²) in [5, 5.41) is 9.26. The second-order valence-electron chi connectivity index (χ2n) is 8.50.